The smallest absolute Gasteiger partial charge is 0.324 e. The zero-order valence-electron chi connectivity index (χ0n) is 43.5. The van der Waals surface area contributed by atoms with Crippen LogP contribution in [0, 0.1) is 5.92 Å². The highest BCUT2D eigenvalue weighted by atomic mass is 35.5. The van der Waals surface area contributed by atoms with E-state index >= 15 is 0 Å². The average molecular weight is 1220 g/mol. The van der Waals surface area contributed by atoms with Crippen LogP contribution in [0.3, 0.4) is 0 Å². The van der Waals surface area contributed by atoms with Crippen LogP contribution in [0.2, 0.25) is 0 Å². The first-order valence-corrected chi connectivity index (χ1v) is 38.8. The van der Waals surface area contributed by atoms with Crippen molar-refractivity contribution in [2.24, 2.45) is 5.92 Å². The van der Waals surface area contributed by atoms with Gasteiger partial charge in [0.15, 0.2) is 0 Å². The second-order valence-corrected chi connectivity index (χ2v) is 30.8. The molecule has 1 atom stereocenters. The van der Waals surface area contributed by atoms with Crippen molar-refractivity contribution in [1.82, 2.24) is 0 Å². The molecule has 0 fully saturated rings. The predicted octanol–water partition coefficient (Wildman–Crippen LogP) is 10.1. The second-order valence-electron chi connectivity index (χ2n) is 16.2. The second kappa shape index (κ2) is 53.5. The summed E-state index contributed by atoms with van der Waals surface area (Å²) in [7, 11) is -29.7. The molecule has 0 saturated carbocycles. The molecule has 442 valence electrons. The van der Waals surface area contributed by atoms with Gasteiger partial charge in [0.25, 0.3) is 0 Å². The standard InChI is InChI=1S/2C8H19O3P.C6H15O3P.C5H13O3P.C4H11O3P.C3H9O3P.C2H6ClO3P.C2H7O3P/c1-3-5-6-8(4-2)7-12(9,10)11;1-2-3-4-5-6-7-8-12(9,10)11;1-2-3-4-5-6-10(7,8)9;1-2-3-4-5-9(6,7)8;1-2-3-4-8(5,6)7;1-2-3-7(4,5)6;3-1-2-7(4,5)6;1-2-6(3,4)5/h8H,3-7H2,1-2H3,(H2,9,10,11);2-8H2,1H3,(H2,9,10,11);2-6H2,1H3,(H2,7,8,9);2-5H2,1H3,(H2,6,7,8);2-4H2,1H3,(H2,5,6,7);2-3H2,1H3,(H2,4,5,6);1-2H2,(H2,4,5,6);2H2,1H3,(H2,3,4,5). The van der Waals surface area contributed by atoms with Crippen LogP contribution in [0.1, 0.15) is 184 Å². The van der Waals surface area contributed by atoms with Gasteiger partial charge in [-0.2, -0.15) is 0 Å². The summed E-state index contributed by atoms with van der Waals surface area (Å²) in [6.07, 6.45) is 18.6. The van der Waals surface area contributed by atoms with Gasteiger partial charge in [0.1, 0.15) is 0 Å². The van der Waals surface area contributed by atoms with Crippen LogP contribution in [0.4, 0.5) is 0 Å². The molecule has 0 bridgehead atoms. The van der Waals surface area contributed by atoms with Crippen LogP contribution >= 0.6 is 72.4 Å². The molecule has 0 radical (unpaired) electrons. The van der Waals surface area contributed by atoms with Crippen molar-refractivity contribution in [2.45, 2.75) is 184 Å². The molecule has 0 aliphatic rings. The van der Waals surface area contributed by atoms with Crippen LogP contribution < -0.4 is 0 Å². The van der Waals surface area contributed by atoms with E-state index in [2.05, 4.69) is 20.8 Å². The third kappa shape index (κ3) is 135. The van der Waals surface area contributed by atoms with Crippen LogP contribution in [0.15, 0.2) is 0 Å². The third-order valence-corrected chi connectivity index (χ3v) is 16.0. The first kappa shape index (κ1) is 89.1. The third-order valence-electron chi connectivity index (χ3n) is 8.30. The van der Waals surface area contributed by atoms with Gasteiger partial charge in [-0.05, 0) is 44.4 Å². The zero-order valence-corrected chi connectivity index (χ0v) is 51.4. The Balaban J connectivity index is -0.000000108. The van der Waals surface area contributed by atoms with Gasteiger partial charge in [-0.25, -0.2) is 0 Å². The summed E-state index contributed by atoms with van der Waals surface area (Å²) in [5.74, 6) is 0.218. The molecule has 0 aliphatic carbocycles. The van der Waals surface area contributed by atoms with Gasteiger partial charge in [0.05, 0.1) is 12.3 Å². The molecule has 16 N–H and O–H groups in total. The molecule has 33 heteroatoms. The Morgan fingerprint density at radius 1 is 0.296 bits per heavy atom. The van der Waals surface area contributed by atoms with Gasteiger partial charge in [-0.1, -0.05) is 145 Å². The quantitative estimate of drug-likeness (QED) is 0.0180. The summed E-state index contributed by atoms with van der Waals surface area (Å²) < 4.78 is 81.1. The van der Waals surface area contributed by atoms with Gasteiger partial charge < -0.3 is 78.3 Å². The van der Waals surface area contributed by atoms with Crippen molar-refractivity contribution in [3.63, 3.8) is 0 Å². The van der Waals surface area contributed by atoms with Gasteiger partial charge in [0, 0.05) is 42.9 Å². The minimum atomic E-state index is -3.80. The van der Waals surface area contributed by atoms with Crippen LogP contribution in [-0.2, 0) is 36.5 Å². The fourth-order valence-electron chi connectivity index (χ4n) is 4.43. The monoisotopic (exact) mass is 1220 g/mol. The normalized spacial score (nSPS) is 12.4. The van der Waals surface area contributed by atoms with Crippen molar-refractivity contribution in [1.29, 1.82) is 0 Å². The maximum absolute atomic E-state index is 10.7. The maximum Gasteiger partial charge on any atom is 0.326 e. The van der Waals surface area contributed by atoms with Crippen LogP contribution in [-0.4, -0.2) is 133 Å². The molecule has 0 aromatic rings. The van der Waals surface area contributed by atoms with E-state index in [0.29, 0.717) is 32.1 Å². The number of unbranched alkanes of at least 4 members (excludes halogenated alkanes) is 12. The molecule has 0 rings (SSSR count). The van der Waals surface area contributed by atoms with E-state index in [-0.39, 0.29) is 61.1 Å². The van der Waals surface area contributed by atoms with E-state index in [1.165, 1.54) is 26.2 Å². The van der Waals surface area contributed by atoms with E-state index in [4.69, 9.17) is 89.9 Å². The topological polar surface area (TPSA) is 460 Å². The lowest BCUT2D eigenvalue weighted by Gasteiger charge is -2.14. The molecule has 24 nitrogen and oxygen atoms in total. The van der Waals surface area contributed by atoms with E-state index in [1.54, 1.807) is 6.92 Å². The lowest BCUT2D eigenvalue weighted by atomic mass is 10.0. The maximum atomic E-state index is 10.7. The molecule has 0 aromatic heterocycles. The molecule has 0 heterocycles. The molecule has 0 aromatic carbocycles. The highest BCUT2D eigenvalue weighted by molar-refractivity contribution is 7.53. The first-order valence-electron chi connectivity index (χ1n) is 23.8. The Morgan fingerprint density at radius 2 is 0.549 bits per heavy atom. The number of alkyl halides is 1. The molecule has 1 unspecified atom stereocenters. The first-order chi connectivity index (χ1) is 31.9. The van der Waals surface area contributed by atoms with Gasteiger partial charge in [0.2, 0.25) is 0 Å². The van der Waals surface area contributed by atoms with Gasteiger partial charge in [-0.3, -0.25) is 36.5 Å². The Labute approximate surface area is 430 Å². The Morgan fingerprint density at radius 3 is 0.746 bits per heavy atom. The zero-order chi connectivity index (χ0) is 58.1. The largest absolute Gasteiger partial charge is 0.326 e. The van der Waals surface area contributed by atoms with Crippen molar-refractivity contribution in [2.75, 3.05) is 55.2 Å². The lowest BCUT2D eigenvalue weighted by molar-refractivity contribution is 0.353. The molecular weight excluding hydrogens is 1120 g/mol. The highest BCUT2D eigenvalue weighted by Crippen LogP contribution is 2.40. The van der Waals surface area contributed by atoms with Crippen molar-refractivity contribution in [3.05, 3.63) is 0 Å². The van der Waals surface area contributed by atoms with Crippen LogP contribution in [0.25, 0.3) is 0 Å². The minimum absolute atomic E-state index is 0.00694. The summed E-state index contributed by atoms with van der Waals surface area (Å²) in [6.45, 7) is 15.4. The fraction of sp³-hybridized carbons (Fsp3) is 1.00. The summed E-state index contributed by atoms with van der Waals surface area (Å²) in [5.41, 5.74) is 0. The fourth-order valence-corrected chi connectivity index (χ4v) is 9.64. The minimum Gasteiger partial charge on any atom is -0.324 e. The van der Waals surface area contributed by atoms with Crippen LogP contribution in [0.5, 0.6) is 0 Å². The molecule has 0 amide bonds. The van der Waals surface area contributed by atoms with E-state index in [9.17, 15) is 36.5 Å². The number of hydrogen-bond acceptors (Lipinski definition) is 8. The van der Waals surface area contributed by atoms with Crippen molar-refractivity contribution < 1.29 is 115 Å². The molecular formula is C38H99ClO24P8. The van der Waals surface area contributed by atoms with E-state index in [1.807, 2.05) is 20.8 Å². The summed E-state index contributed by atoms with van der Waals surface area (Å²) in [6, 6.07) is 0. The average Bonchev–Trinajstić information content (AvgIpc) is 3.17. The number of rotatable bonds is 30. The SMILES string of the molecule is CCCCC(CC)CP(=O)(O)O.CCCCCCCCP(=O)(O)O.CCCCCCP(=O)(O)O.CCCCCP(=O)(O)O.CCCCP(=O)(O)O.CCCP(=O)(O)O.CCP(=O)(O)O.O=P(O)(O)CCCl. The number of hydrogen-bond donors (Lipinski definition) is 16. The summed E-state index contributed by atoms with van der Waals surface area (Å²) in [5, 5.41) is 0. The predicted molar refractivity (Wildman–Crippen MR) is 287 cm³/mol. The van der Waals surface area contributed by atoms with Gasteiger partial charge >= 0.3 is 60.8 Å². The summed E-state index contributed by atoms with van der Waals surface area (Å²) >= 11 is 4.99. The molecule has 0 saturated heterocycles. The Hall–Kier alpha value is 1.49. The van der Waals surface area contributed by atoms with Crippen molar-refractivity contribution in [3.8, 4) is 0 Å². The van der Waals surface area contributed by atoms with Crippen molar-refractivity contribution >= 4 is 72.4 Å². The van der Waals surface area contributed by atoms with Gasteiger partial charge in [-0.15, -0.1) is 11.6 Å². The molecule has 0 aliphatic heterocycles. The highest BCUT2D eigenvalue weighted by Gasteiger charge is 2.19. The Kier molecular flexibility index (Phi) is 67.1. The Bertz CT molecular complexity index is 1510. The van der Waals surface area contributed by atoms with E-state index < -0.39 is 60.8 Å². The van der Waals surface area contributed by atoms with E-state index in [0.717, 1.165) is 77.0 Å². The summed E-state index contributed by atoms with van der Waals surface area (Å²) in [4.78, 5) is 133. The lowest BCUT2D eigenvalue weighted by Crippen LogP contribution is -2.05. The number of halogens is 1. The molecule has 0 spiro atoms. The molecule has 71 heavy (non-hydrogen) atoms.